The van der Waals surface area contributed by atoms with Gasteiger partial charge in [-0.1, -0.05) is 27.7 Å². The summed E-state index contributed by atoms with van der Waals surface area (Å²) in [6, 6.07) is 7.45. The fraction of sp³-hybridized carbons (Fsp3) is 0.667. The van der Waals surface area contributed by atoms with Crippen molar-refractivity contribution in [2.24, 2.45) is 23.7 Å². The second-order valence-electron chi connectivity index (χ2n) is 10.2. The van der Waals surface area contributed by atoms with Gasteiger partial charge < -0.3 is 20.4 Å². The topological polar surface area (TPSA) is 67.1 Å². The Morgan fingerprint density at radius 1 is 0.700 bits per heavy atom. The first-order valence-corrected chi connectivity index (χ1v) is 11.6. The second kappa shape index (κ2) is 10.4. The number of carbonyl (C=O) groups excluding carboxylic acids is 2. The lowest BCUT2D eigenvalue weighted by Crippen LogP contribution is -3.15. The number of hydrogen-bond acceptors (Lipinski definition) is 2. The number of anilines is 2. The molecular formula is C24H40N4O2+2. The van der Waals surface area contributed by atoms with Gasteiger partial charge in [0.25, 0.3) is 11.8 Å². The summed E-state index contributed by atoms with van der Waals surface area (Å²) in [5, 5.41) is 6.00. The fourth-order valence-electron chi connectivity index (χ4n) is 5.64. The molecule has 2 fully saturated rings. The highest BCUT2D eigenvalue weighted by molar-refractivity contribution is 5.93. The molecule has 6 heteroatoms. The molecule has 4 N–H and O–H groups in total. The van der Waals surface area contributed by atoms with Gasteiger partial charge in [-0.05, 0) is 37.1 Å². The van der Waals surface area contributed by atoms with E-state index < -0.39 is 0 Å². The number of carbonyl (C=O) groups is 2. The molecule has 0 saturated carbocycles. The van der Waals surface area contributed by atoms with Gasteiger partial charge in [0.2, 0.25) is 0 Å². The smallest absolute Gasteiger partial charge is 0.279 e. The van der Waals surface area contributed by atoms with Crippen LogP contribution in [0, 0.1) is 23.7 Å². The van der Waals surface area contributed by atoms with Gasteiger partial charge in [-0.3, -0.25) is 9.59 Å². The number of piperidine rings is 2. The van der Waals surface area contributed by atoms with Crippen LogP contribution in [0.2, 0.25) is 0 Å². The molecule has 3 rings (SSSR count). The first kappa shape index (κ1) is 22.8. The molecule has 1 aromatic rings. The second-order valence-corrected chi connectivity index (χ2v) is 10.2. The predicted octanol–water partition coefficient (Wildman–Crippen LogP) is 0.685. The Hall–Kier alpha value is -1.92. The van der Waals surface area contributed by atoms with E-state index in [1.165, 1.54) is 22.6 Å². The third-order valence-corrected chi connectivity index (χ3v) is 6.43. The molecule has 5 atom stereocenters. The van der Waals surface area contributed by atoms with Crippen LogP contribution in [0.3, 0.4) is 0 Å². The Bertz CT molecular complexity index is 639. The van der Waals surface area contributed by atoms with E-state index >= 15 is 0 Å². The number of nitrogens with one attached hydrogen (secondary N) is 4. The van der Waals surface area contributed by atoms with Gasteiger partial charge in [-0.2, -0.15) is 0 Å². The van der Waals surface area contributed by atoms with Crippen molar-refractivity contribution in [2.75, 3.05) is 49.9 Å². The first-order valence-electron chi connectivity index (χ1n) is 11.6. The van der Waals surface area contributed by atoms with Crippen molar-refractivity contribution < 1.29 is 19.4 Å². The number of hydrogen-bond donors (Lipinski definition) is 4. The molecule has 2 aliphatic heterocycles. The molecule has 0 aliphatic carbocycles. The number of benzene rings is 1. The van der Waals surface area contributed by atoms with Gasteiger partial charge in [-0.25, -0.2) is 0 Å². The van der Waals surface area contributed by atoms with Crippen molar-refractivity contribution in [3.8, 4) is 0 Å². The molecule has 1 aromatic carbocycles. The average molecular weight is 417 g/mol. The SMILES string of the molecule is C[C@@H]1C[C@H](C)C[NH+](CC(=O)Nc2ccc(NC(=O)C[NH+]3C[C@@H](C)C[C@H](C)C3)cc2)C1. The van der Waals surface area contributed by atoms with Crippen LogP contribution < -0.4 is 20.4 Å². The number of rotatable bonds is 6. The van der Waals surface area contributed by atoms with Gasteiger partial charge in [0.05, 0.1) is 26.2 Å². The number of quaternary nitrogens is 2. The predicted molar refractivity (Wildman–Crippen MR) is 121 cm³/mol. The molecular weight excluding hydrogens is 376 g/mol. The highest BCUT2D eigenvalue weighted by atomic mass is 16.2. The van der Waals surface area contributed by atoms with Crippen LogP contribution in [0.4, 0.5) is 11.4 Å². The normalized spacial score (nSPS) is 31.7. The van der Waals surface area contributed by atoms with Crippen LogP contribution >= 0.6 is 0 Å². The van der Waals surface area contributed by atoms with Crippen LogP contribution in [0.5, 0.6) is 0 Å². The molecule has 166 valence electrons. The minimum absolute atomic E-state index is 0.0556. The summed E-state index contributed by atoms with van der Waals surface area (Å²) < 4.78 is 0. The van der Waals surface area contributed by atoms with Crippen LogP contribution in [0.15, 0.2) is 24.3 Å². The van der Waals surface area contributed by atoms with E-state index in [0.717, 1.165) is 37.6 Å². The zero-order valence-corrected chi connectivity index (χ0v) is 19.1. The Balaban J connectivity index is 1.44. The van der Waals surface area contributed by atoms with Crippen molar-refractivity contribution in [2.45, 2.75) is 40.5 Å². The zero-order chi connectivity index (χ0) is 21.7. The summed E-state index contributed by atoms with van der Waals surface area (Å²) in [6.45, 7) is 14.4. The third kappa shape index (κ3) is 7.10. The molecule has 0 radical (unpaired) electrons. The van der Waals surface area contributed by atoms with Gasteiger partial charge in [0.15, 0.2) is 13.1 Å². The minimum atomic E-state index is 0.0556. The summed E-state index contributed by atoms with van der Waals surface area (Å²) in [4.78, 5) is 27.6. The molecule has 0 aromatic heterocycles. The number of amides is 2. The van der Waals surface area contributed by atoms with Gasteiger partial charge in [-0.15, -0.1) is 0 Å². The average Bonchev–Trinajstić information content (AvgIpc) is 2.61. The van der Waals surface area contributed by atoms with Crippen LogP contribution in [-0.2, 0) is 9.59 Å². The third-order valence-electron chi connectivity index (χ3n) is 6.43. The van der Waals surface area contributed by atoms with Crippen LogP contribution in [-0.4, -0.2) is 51.1 Å². The van der Waals surface area contributed by atoms with E-state index in [1.807, 2.05) is 24.3 Å². The maximum absolute atomic E-state index is 12.4. The number of likely N-dealkylation sites (tertiary alicyclic amines) is 2. The summed E-state index contributed by atoms with van der Waals surface area (Å²) in [6.07, 6.45) is 2.52. The van der Waals surface area contributed by atoms with E-state index in [4.69, 9.17) is 0 Å². The zero-order valence-electron chi connectivity index (χ0n) is 19.1. The molecule has 2 aliphatic rings. The van der Waals surface area contributed by atoms with Crippen molar-refractivity contribution in [1.29, 1.82) is 0 Å². The van der Waals surface area contributed by atoms with E-state index in [0.29, 0.717) is 36.8 Å². The van der Waals surface area contributed by atoms with E-state index in [2.05, 4.69) is 38.3 Å². The lowest BCUT2D eigenvalue weighted by Gasteiger charge is -2.31. The molecule has 2 heterocycles. The van der Waals surface area contributed by atoms with Crippen LogP contribution in [0.1, 0.15) is 40.5 Å². The van der Waals surface area contributed by atoms with Gasteiger partial charge in [0, 0.05) is 35.0 Å². The van der Waals surface area contributed by atoms with Crippen molar-refractivity contribution >= 4 is 23.2 Å². The van der Waals surface area contributed by atoms with Gasteiger partial charge >= 0.3 is 0 Å². The largest absolute Gasteiger partial charge is 0.327 e. The quantitative estimate of drug-likeness (QED) is 0.551. The minimum Gasteiger partial charge on any atom is -0.327 e. The van der Waals surface area contributed by atoms with Crippen LogP contribution in [0.25, 0.3) is 0 Å². The molecule has 1 unspecified atom stereocenters. The Labute approximate surface area is 181 Å². The maximum atomic E-state index is 12.4. The molecule has 0 spiro atoms. The highest BCUT2D eigenvalue weighted by Gasteiger charge is 2.27. The molecule has 30 heavy (non-hydrogen) atoms. The summed E-state index contributed by atoms with van der Waals surface area (Å²) in [7, 11) is 0. The fourth-order valence-corrected chi connectivity index (χ4v) is 5.64. The maximum Gasteiger partial charge on any atom is 0.279 e. The summed E-state index contributed by atoms with van der Waals surface area (Å²) >= 11 is 0. The van der Waals surface area contributed by atoms with E-state index in [9.17, 15) is 9.59 Å². The monoisotopic (exact) mass is 416 g/mol. The molecule has 0 bridgehead atoms. The molecule has 2 saturated heterocycles. The Kier molecular flexibility index (Phi) is 7.89. The lowest BCUT2D eigenvalue weighted by molar-refractivity contribution is -0.904. The van der Waals surface area contributed by atoms with Crippen molar-refractivity contribution in [3.63, 3.8) is 0 Å². The van der Waals surface area contributed by atoms with Crippen molar-refractivity contribution in [3.05, 3.63) is 24.3 Å². The van der Waals surface area contributed by atoms with Gasteiger partial charge in [0.1, 0.15) is 0 Å². The Morgan fingerprint density at radius 2 is 1.00 bits per heavy atom. The molecule has 2 amide bonds. The molecule has 6 nitrogen and oxygen atoms in total. The van der Waals surface area contributed by atoms with E-state index in [1.54, 1.807) is 0 Å². The Morgan fingerprint density at radius 3 is 1.30 bits per heavy atom. The van der Waals surface area contributed by atoms with Crippen molar-refractivity contribution in [1.82, 2.24) is 0 Å². The van der Waals surface area contributed by atoms with E-state index in [-0.39, 0.29) is 11.8 Å². The first-order chi connectivity index (χ1) is 14.3. The highest BCUT2D eigenvalue weighted by Crippen LogP contribution is 2.15. The summed E-state index contributed by atoms with van der Waals surface area (Å²) in [5.74, 6) is 2.82. The lowest BCUT2D eigenvalue weighted by atomic mass is 9.92. The summed E-state index contributed by atoms with van der Waals surface area (Å²) in [5.41, 5.74) is 1.56. The standard InChI is InChI=1S/C24H38N4O2/c1-17-9-18(2)12-27(11-17)15-23(29)25-21-5-7-22(8-6-21)26-24(30)16-28-13-19(3)10-20(4)14-28/h5-8,17-20H,9-16H2,1-4H3,(H,25,29)(H,26,30)/p+2/t17-,18-,19-,20+/m0/s1.